The minimum Gasteiger partial charge on any atom is -1.00 e. The molecule has 23 heavy (non-hydrogen) atoms. The summed E-state index contributed by atoms with van der Waals surface area (Å²) < 4.78 is 13.4. The molecule has 3 N–H and O–H groups in total. The summed E-state index contributed by atoms with van der Waals surface area (Å²) in [7, 11) is -3.99. The molecule has 0 spiro atoms. The third-order valence-electron chi connectivity index (χ3n) is 4.32. The van der Waals surface area contributed by atoms with E-state index in [0.29, 0.717) is 6.42 Å². The summed E-state index contributed by atoms with van der Waals surface area (Å²) in [6, 6.07) is 0.157. The van der Waals surface area contributed by atoms with Gasteiger partial charge in [0.25, 0.3) is 0 Å². The molecule has 1 heterocycles. The summed E-state index contributed by atoms with van der Waals surface area (Å²) in [5.74, 6) is 0. The topological polar surface area (TPSA) is 77.2 Å². The predicted molar refractivity (Wildman–Crippen MR) is 88.8 cm³/mol. The van der Waals surface area contributed by atoms with Crippen LogP contribution in [0.1, 0.15) is 77.7 Å². The zero-order valence-electron chi connectivity index (χ0n) is 14.3. The summed E-state index contributed by atoms with van der Waals surface area (Å²) in [6.45, 7) is 3.87. The number of nitrogens with zero attached hydrogens (tertiary/aromatic N) is 1. The number of halogens is 1. The molecule has 0 amide bonds. The molecule has 5 nitrogen and oxygen atoms in total. The molecule has 2 atom stereocenters. The van der Waals surface area contributed by atoms with Gasteiger partial charge in [-0.05, 0) is 12.8 Å². The average Bonchev–Trinajstić information content (AvgIpc) is 2.98. The molecular weight excluding hydrogens is 379 g/mol. The Morgan fingerprint density at radius 2 is 1.74 bits per heavy atom. The van der Waals surface area contributed by atoms with Crippen molar-refractivity contribution in [3.05, 3.63) is 18.7 Å². The van der Waals surface area contributed by atoms with Crippen LogP contribution in [0, 0.1) is 0 Å². The highest BCUT2D eigenvalue weighted by Gasteiger charge is 2.29. The number of H-pyrrole nitrogens is 1. The van der Waals surface area contributed by atoms with Crippen molar-refractivity contribution in [2.75, 3.05) is 0 Å². The Hall–Kier alpha value is -0.160. The minimum absolute atomic E-state index is 0. The van der Waals surface area contributed by atoms with Gasteiger partial charge in [-0.1, -0.05) is 52.4 Å². The molecule has 0 aliphatic carbocycles. The molecule has 0 fully saturated rings. The minimum atomic E-state index is -3.99. The van der Waals surface area contributed by atoms with Gasteiger partial charge in [-0.25, -0.2) is 4.57 Å². The van der Waals surface area contributed by atoms with Crippen molar-refractivity contribution in [3.63, 3.8) is 0 Å². The number of hydrogen-bond donors (Lipinski definition) is 3. The highest BCUT2D eigenvalue weighted by atomic mass is 79.9. The number of aromatic amines is 1. The smallest absolute Gasteiger partial charge is 0.328 e. The van der Waals surface area contributed by atoms with Gasteiger partial charge in [-0.2, -0.15) is 0 Å². The van der Waals surface area contributed by atoms with Crippen molar-refractivity contribution in [2.24, 2.45) is 0 Å². The molecule has 0 aliphatic rings. The van der Waals surface area contributed by atoms with E-state index in [0.717, 1.165) is 12.8 Å². The molecule has 1 rings (SSSR count). The second kappa shape index (κ2) is 12.2. The molecule has 0 radical (unpaired) electrons. The van der Waals surface area contributed by atoms with E-state index in [1.165, 1.54) is 38.5 Å². The third-order valence-corrected chi connectivity index (χ3v) is 5.68. The van der Waals surface area contributed by atoms with Crippen LogP contribution in [0.3, 0.4) is 0 Å². The van der Waals surface area contributed by atoms with Crippen molar-refractivity contribution >= 4 is 7.60 Å². The normalized spacial score (nSPS) is 14.3. The first-order valence-electron chi connectivity index (χ1n) is 8.54. The fraction of sp³-hybridized carbons (Fsp3) is 0.812. The number of imidazole rings is 1. The highest BCUT2D eigenvalue weighted by Crippen LogP contribution is 2.44. The molecule has 0 saturated heterocycles. The molecule has 1 aromatic rings. The summed E-state index contributed by atoms with van der Waals surface area (Å²) in [5, 5.41) is 0. The fourth-order valence-electron chi connectivity index (χ4n) is 2.79. The Bertz CT molecular complexity index is 437. The molecule has 0 aromatic carbocycles. The molecule has 2 unspecified atom stereocenters. The Morgan fingerprint density at radius 3 is 2.26 bits per heavy atom. The van der Waals surface area contributed by atoms with Gasteiger partial charge in [0.05, 0.1) is 5.66 Å². The van der Waals surface area contributed by atoms with Crippen LogP contribution in [0.2, 0.25) is 0 Å². The van der Waals surface area contributed by atoms with Gasteiger partial charge in [-0.3, -0.25) is 9.55 Å². The van der Waals surface area contributed by atoms with E-state index in [1.807, 2.05) is 23.3 Å². The summed E-state index contributed by atoms with van der Waals surface area (Å²) in [4.78, 5) is 21.7. The maximum absolute atomic E-state index is 11.4. The second-order valence-corrected chi connectivity index (χ2v) is 8.36. The van der Waals surface area contributed by atoms with Gasteiger partial charge >= 0.3 is 7.60 Å². The lowest BCUT2D eigenvalue weighted by Crippen LogP contribution is -3.00. The second-order valence-electron chi connectivity index (χ2n) is 6.30. The van der Waals surface area contributed by atoms with Crippen LogP contribution in [0.5, 0.6) is 0 Å². The van der Waals surface area contributed by atoms with Crippen LogP contribution in [-0.4, -0.2) is 20.4 Å². The zero-order chi connectivity index (χ0) is 16.4. The van der Waals surface area contributed by atoms with Gasteiger partial charge in [0.15, 0.2) is 0 Å². The van der Waals surface area contributed by atoms with Gasteiger partial charge in [0.2, 0.25) is 6.33 Å². The van der Waals surface area contributed by atoms with E-state index in [-0.39, 0.29) is 23.0 Å². The molecular formula is C16H32BrN2O3P. The predicted octanol–water partition coefficient (Wildman–Crippen LogP) is 0.944. The van der Waals surface area contributed by atoms with Gasteiger partial charge in [0.1, 0.15) is 18.4 Å². The van der Waals surface area contributed by atoms with Crippen molar-refractivity contribution in [1.82, 2.24) is 4.98 Å². The maximum atomic E-state index is 11.4. The lowest BCUT2D eigenvalue weighted by molar-refractivity contribution is -0.723. The number of unbranched alkanes of at least 4 members (excludes halogenated alkanes) is 6. The number of hydrogen-bond acceptors (Lipinski definition) is 1. The van der Waals surface area contributed by atoms with Crippen LogP contribution in [-0.2, 0) is 4.57 Å². The number of aromatic nitrogens is 2. The van der Waals surface area contributed by atoms with E-state index < -0.39 is 13.3 Å². The molecule has 0 saturated carbocycles. The quantitative estimate of drug-likeness (QED) is 0.272. The third kappa shape index (κ3) is 9.65. The van der Waals surface area contributed by atoms with Crippen LogP contribution >= 0.6 is 7.60 Å². The van der Waals surface area contributed by atoms with E-state index in [2.05, 4.69) is 11.9 Å². The molecule has 7 heteroatoms. The number of nitrogens with one attached hydrogen (secondary N) is 1. The summed E-state index contributed by atoms with van der Waals surface area (Å²) in [6.07, 6.45) is 15.9. The Balaban J connectivity index is 0.00000484. The first-order valence-corrected chi connectivity index (χ1v) is 10.2. The average molecular weight is 411 g/mol. The molecule has 1 aromatic heterocycles. The van der Waals surface area contributed by atoms with Gasteiger partial charge < -0.3 is 26.8 Å². The summed E-state index contributed by atoms with van der Waals surface area (Å²) >= 11 is 0. The van der Waals surface area contributed by atoms with Crippen LogP contribution < -0.4 is 21.5 Å². The Kier molecular flexibility index (Phi) is 12.2. The lowest BCUT2D eigenvalue weighted by Gasteiger charge is -2.19. The van der Waals surface area contributed by atoms with Crippen molar-refractivity contribution in [1.29, 1.82) is 0 Å². The van der Waals surface area contributed by atoms with Gasteiger partial charge in [0, 0.05) is 6.42 Å². The van der Waals surface area contributed by atoms with Gasteiger partial charge in [-0.15, -0.1) is 0 Å². The highest BCUT2D eigenvalue weighted by molar-refractivity contribution is 7.52. The Labute approximate surface area is 150 Å². The van der Waals surface area contributed by atoms with Crippen molar-refractivity contribution < 1.29 is 35.9 Å². The summed E-state index contributed by atoms with van der Waals surface area (Å²) in [5.41, 5.74) is -0.593. The van der Waals surface area contributed by atoms with E-state index >= 15 is 0 Å². The first kappa shape index (κ1) is 22.8. The first-order chi connectivity index (χ1) is 10.4. The lowest BCUT2D eigenvalue weighted by atomic mass is 10.0. The zero-order valence-corrected chi connectivity index (χ0v) is 16.8. The standard InChI is InChI=1S/C16H31N2O3P.BrH/c1-3-4-5-6-7-8-9-10-16(18-12-11-17-14-18)13-15(2)22(19,20)21;/h11-12,14-16H,3-10,13H2,1-2H3,(H2,19,20,21);1H. The number of rotatable bonds is 12. The fourth-order valence-corrected chi connectivity index (χ4v) is 3.30. The van der Waals surface area contributed by atoms with E-state index in [4.69, 9.17) is 0 Å². The largest absolute Gasteiger partial charge is 1.00 e. The monoisotopic (exact) mass is 410 g/mol. The van der Waals surface area contributed by atoms with Crippen LogP contribution in [0.4, 0.5) is 0 Å². The molecule has 136 valence electrons. The Morgan fingerprint density at radius 1 is 1.13 bits per heavy atom. The van der Waals surface area contributed by atoms with Crippen LogP contribution in [0.25, 0.3) is 0 Å². The van der Waals surface area contributed by atoms with Crippen LogP contribution in [0.15, 0.2) is 18.7 Å². The van der Waals surface area contributed by atoms with Crippen molar-refractivity contribution in [2.45, 2.75) is 83.3 Å². The maximum Gasteiger partial charge on any atom is 0.328 e. The van der Waals surface area contributed by atoms with E-state index in [1.54, 1.807) is 6.92 Å². The van der Waals surface area contributed by atoms with E-state index in [9.17, 15) is 14.4 Å². The van der Waals surface area contributed by atoms with Crippen molar-refractivity contribution in [3.8, 4) is 0 Å². The molecule has 0 bridgehead atoms. The molecule has 0 aliphatic heterocycles. The SMILES string of the molecule is CCCCCCCCCC(CC(C)P(=O)(O)O)[n+]1cc[nH]c1.[Br-].